The number of fused-ring (bicyclic) bond motifs is 1. The van der Waals surface area contributed by atoms with Crippen LogP contribution in [0.15, 0.2) is 58.3 Å². The highest BCUT2D eigenvalue weighted by Crippen LogP contribution is 2.32. The molecule has 1 N–H and O–H groups in total. The molecule has 2 aromatic carbocycles. The van der Waals surface area contributed by atoms with Gasteiger partial charge in [-0.3, -0.25) is 4.79 Å². The van der Waals surface area contributed by atoms with Crippen LogP contribution in [-0.2, 0) is 4.74 Å². The molecule has 0 saturated carbocycles. The van der Waals surface area contributed by atoms with Crippen molar-refractivity contribution in [3.63, 3.8) is 0 Å². The van der Waals surface area contributed by atoms with E-state index in [1.165, 1.54) is 0 Å². The number of rotatable bonds is 2. The Kier molecular flexibility index (Phi) is 8.47. The van der Waals surface area contributed by atoms with Crippen molar-refractivity contribution in [2.24, 2.45) is 10.9 Å². The summed E-state index contributed by atoms with van der Waals surface area (Å²) in [6.07, 6.45) is 0. The summed E-state index contributed by atoms with van der Waals surface area (Å²) in [6.45, 7) is 11.6. The fourth-order valence-electron chi connectivity index (χ4n) is 2.86. The summed E-state index contributed by atoms with van der Waals surface area (Å²) in [5, 5.41) is 1.48. The summed E-state index contributed by atoms with van der Waals surface area (Å²) in [4.78, 5) is 19.9. The molecule has 0 atom stereocenters. The van der Waals surface area contributed by atoms with Crippen LogP contribution in [0.2, 0.25) is 5.02 Å². The second-order valence-electron chi connectivity index (χ2n) is 7.03. The van der Waals surface area contributed by atoms with Gasteiger partial charge in [-0.15, -0.1) is 0 Å². The van der Waals surface area contributed by atoms with Gasteiger partial charge in [0.05, 0.1) is 6.54 Å². The molecule has 0 amide bonds. The SMILES string of the molecule is CC.CC(C)C.O=c1[nH]c2ccc(Cl)cc2c(-c2ccccc2)c1C1=NCCO1. The molecule has 0 aliphatic carbocycles. The summed E-state index contributed by atoms with van der Waals surface area (Å²) in [7, 11) is 0. The Balaban J connectivity index is 0.000000449. The molecule has 4 nitrogen and oxygen atoms in total. The maximum absolute atomic E-state index is 12.6. The Morgan fingerprint density at radius 1 is 1.03 bits per heavy atom. The van der Waals surface area contributed by atoms with Crippen molar-refractivity contribution in [2.45, 2.75) is 34.6 Å². The number of aromatic amines is 1. The van der Waals surface area contributed by atoms with Crippen molar-refractivity contribution in [2.75, 3.05) is 13.2 Å². The highest BCUT2D eigenvalue weighted by Gasteiger charge is 2.22. The van der Waals surface area contributed by atoms with Gasteiger partial charge < -0.3 is 9.72 Å². The van der Waals surface area contributed by atoms with Crippen LogP contribution in [-0.4, -0.2) is 24.0 Å². The van der Waals surface area contributed by atoms with Crippen LogP contribution in [0.25, 0.3) is 22.0 Å². The molecular formula is C24H29ClN2O2. The normalized spacial score (nSPS) is 12.4. The number of nitrogens with zero attached hydrogens (tertiary/aromatic N) is 1. The summed E-state index contributed by atoms with van der Waals surface area (Å²) in [6, 6.07) is 15.2. The molecule has 0 unspecified atom stereocenters. The topological polar surface area (TPSA) is 54.5 Å². The lowest BCUT2D eigenvalue weighted by Crippen LogP contribution is -2.20. The van der Waals surface area contributed by atoms with Crippen LogP contribution in [0.1, 0.15) is 40.2 Å². The Labute approximate surface area is 177 Å². The zero-order valence-electron chi connectivity index (χ0n) is 17.8. The third-order valence-electron chi connectivity index (χ3n) is 3.84. The lowest BCUT2D eigenvalue weighted by molar-refractivity contribution is 0.348. The smallest absolute Gasteiger partial charge is 0.261 e. The number of H-pyrrole nitrogens is 1. The fourth-order valence-corrected chi connectivity index (χ4v) is 3.03. The molecule has 2 heterocycles. The van der Waals surface area contributed by atoms with E-state index in [9.17, 15) is 4.79 Å². The lowest BCUT2D eigenvalue weighted by atomic mass is 9.96. The molecule has 1 aliphatic heterocycles. The van der Waals surface area contributed by atoms with E-state index in [4.69, 9.17) is 16.3 Å². The van der Waals surface area contributed by atoms with Gasteiger partial charge in [-0.05, 0) is 29.7 Å². The molecule has 0 radical (unpaired) electrons. The number of aliphatic imine (C=N–C) groups is 1. The minimum absolute atomic E-state index is 0.209. The maximum atomic E-state index is 12.6. The third-order valence-corrected chi connectivity index (χ3v) is 4.07. The summed E-state index contributed by atoms with van der Waals surface area (Å²) in [5.41, 5.74) is 2.72. The molecular weight excluding hydrogens is 384 g/mol. The van der Waals surface area contributed by atoms with E-state index in [-0.39, 0.29) is 5.56 Å². The molecule has 0 bridgehead atoms. The molecule has 1 aromatic heterocycles. The van der Waals surface area contributed by atoms with Gasteiger partial charge in [0.1, 0.15) is 12.2 Å². The molecule has 1 aliphatic rings. The molecule has 154 valence electrons. The monoisotopic (exact) mass is 412 g/mol. The summed E-state index contributed by atoms with van der Waals surface area (Å²) in [5.74, 6) is 1.23. The first-order chi connectivity index (χ1) is 14.0. The van der Waals surface area contributed by atoms with E-state index in [0.29, 0.717) is 29.6 Å². The van der Waals surface area contributed by atoms with Crippen molar-refractivity contribution >= 4 is 28.4 Å². The number of pyridine rings is 1. The third kappa shape index (κ3) is 5.70. The number of hydrogen-bond donors (Lipinski definition) is 1. The lowest BCUT2D eigenvalue weighted by Gasteiger charge is -2.13. The fraction of sp³-hybridized carbons (Fsp3) is 0.333. The van der Waals surface area contributed by atoms with Crippen LogP contribution in [0.4, 0.5) is 0 Å². The molecule has 0 saturated heterocycles. The Hall–Kier alpha value is -2.59. The molecule has 5 heteroatoms. The predicted octanol–water partition coefficient (Wildman–Crippen LogP) is 6.31. The van der Waals surface area contributed by atoms with Gasteiger partial charge in [-0.1, -0.05) is 76.6 Å². The van der Waals surface area contributed by atoms with E-state index in [0.717, 1.165) is 27.9 Å². The first kappa shape index (κ1) is 22.7. The van der Waals surface area contributed by atoms with Gasteiger partial charge in [-0.2, -0.15) is 0 Å². The van der Waals surface area contributed by atoms with Crippen molar-refractivity contribution < 1.29 is 4.74 Å². The van der Waals surface area contributed by atoms with Gasteiger partial charge in [-0.25, -0.2) is 4.99 Å². The summed E-state index contributed by atoms with van der Waals surface area (Å²) < 4.78 is 5.56. The number of aromatic nitrogens is 1. The quantitative estimate of drug-likeness (QED) is 0.535. The first-order valence-corrected chi connectivity index (χ1v) is 10.4. The number of ether oxygens (including phenoxy) is 1. The Bertz CT molecular complexity index is 1020. The number of benzene rings is 2. The minimum Gasteiger partial charge on any atom is -0.475 e. The Morgan fingerprint density at radius 3 is 2.28 bits per heavy atom. The van der Waals surface area contributed by atoms with Gasteiger partial charge in [0.2, 0.25) is 5.90 Å². The highest BCUT2D eigenvalue weighted by molar-refractivity contribution is 6.31. The highest BCUT2D eigenvalue weighted by atomic mass is 35.5. The van der Waals surface area contributed by atoms with Gasteiger partial charge in [0.25, 0.3) is 5.56 Å². The molecule has 0 spiro atoms. The molecule has 3 aromatic rings. The average Bonchev–Trinajstić information content (AvgIpc) is 3.23. The summed E-state index contributed by atoms with van der Waals surface area (Å²) >= 11 is 6.18. The van der Waals surface area contributed by atoms with Crippen LogP contribution >= 0.6 is 11.6 Å². The van der Waals surface area contributed by atoms with Crippen LogP contribution < -0.4 is 5.56 Å². The second-order valence-corrected chi connectivity index (χ2v) is 7.46. The molecule has 29 heavy (non-hydrogen) atoms. The zero-order valence-corrected chi connectivity index (χ0v) is 18.5. The van der Waals surface area contributed by atoms with E-state index in [1.54, 1.807) is 6.07 Å². The van der Waals surface area contributed by atoms with Gasteiger partial charge in [0.15, 0.2) is 0 Å². The number of nitrogens with one attached hydrogen (secondary N) is 1. The zero-order chi connectivity index (χ0) is 21.4. The van der Waals surface area contributed by atoms with Gasteiger partial charge in [0, 0.05) is 21.5 Å². The van der Waals surface area contributed by atoms with E-state index in [2.05, 4.69) is 30.7 Å². The van der Waals surface area contributed by atoms with E-state index < -0.39 is 0 Å². The molecule has 0 fully saturated rings. The number of hydrogen-bond acceptors (Lipinski definition) is 3. The molecule has 4 rings (SSSR count). The van der Waals surface area contributed by atoms with Crippen molar-refractivity contribution in [1.29, 1.82) is 0 Å². The van der Waals surface area contributed by atoms with Crippen LogP contribution in [0.3, 0.4) is 0 Å². The number of halogens is 1. The van der Waals surface area contributed by atoms with Gasteiger partial charge >= 0.3 is 0 Å². The van der Waals surface area contributed by atoms with Crippen LogP contribution in [0, 0.1) is 5.92 Å². The average molecular weight is 413 g/mol. The Morgan fingerprint density at radius 2 is 1.69 bits per heavy atom. The van der Waals surface area contributed by atoms with Crippen molar-refractivity contribution in [3.05, 3.63) is 69.5 Å². The predicted molar refractivity (Wildman–Crippen MR) is 124 cm³/mol. The maximum Gasteiger partial charge on any atom is 0.261 e. The van der Waals surface area contributed by atoms with Crippen molar-refractivity contribution in [3.8, 4) is 11.1 Å². The van der Waals surface area contributed by atoms with Crippen LogP contribution in [0.5, 0.6) is 0 Å². The first-order valence-electron chi connectivity index (χ1n) is 10.1. The standard InChI is InChI=1S/C18H13ClN2O2.C4H10.C2H6/c19-12-6-7-14-13(10-12)15(11-4-2-1-3-5-11)16(17(22)21-14)18-20-8-9-23-18;1-4(2)3;1-2/h1-7,10H,8-9H2,(H,21,22);4H,1-3H3;1-2H3. The minimum atomic E-state index is -0.209. The van der Waals surface area contributed by atoms with E-state index >= 15 is 0 Å². The largest absolute Gasteiger partial charge is 0.475 e. The second kappa shape index (κ2) is 10.8. The van der Waals surface area contributed by atoms with E-state index in [1.807, 2.05) is 56.3 Å². The van der Waals surface area contributed by atoms with Crippen molar-refractivity contribution in [1.82, 2.24) is 4.98 Å².